The van der Waals surface area contributed by atoms with Crippen molar-refractivity contribution in [2.75, 3.05) is 6.61 Å². The van der Waals surface area contributed by atoms with E-state index in [-0.39, 0.29) is 17.9 Å². The molecule has 2 nitrogen and oxygen atoms in total. The maximum absolute atomic E-state index is 13.4. The second-order valence-electron chi connectivity index (χ2n) is 4.15. The molecular weight excluding hydrogens is 214 g/mol. The Hall–Kier alpha value is -1.16. The quantitative estimate of drug-likeness (QED) is 0.858. The fraction of sp³-hybridized carbons (Fsp3) is 0.500. The van der Waals surface area contributed by atoms with Crippen LogP contribution in [-0.4, -0.2) is 11.7 Å². The third-order valence-electron chi connectivity index (χ3n) is 2.93. The lowest BCUT2D eigenvalue weighted by Crippen LogP contribution is -2.20. The summed E-state index contributed by atoms with van der Waals surface area (Å²) in [5, 5.41) is 8.77. The molecule has 0 saturated heterocycles. The Kier molecular flexibility index (Phi) is 3.39. The summed E-state index contributed by atoms with van der Waals surface area (Å²) in [5.74, 6) is -1.40. The highest BCUT2D eigenvalue weighted by atomic mass is 19.1. The lowest BCUT2D eigenvalue weighted by molar-refractivity contribution is 0.169. The number of hydrogen-bond donors (Lipinski definition) is 1. The minimum atomic E-state index is -0.747. The van der Waals surface area contributed by atoms with Gasteiger partial charge in [0.05, 0.1) is 13.2 Å². The minimum absolute atomic E-state index is 0.214. The van der Waals surface area contributed by atoms with Gasteiger partial charge in [0.25, 0.3) is 0 Å². The molecule has 0 spiro atoms. The van der Waals surface area contributed by atoms with Gasteiger partial charge in [-0.2, -0.15) is 0 Å². The van der Waals surface area contributed by atoms with E-state index in [1.165, 1.54) is 6.42 Å². The van der Waals surface area contributed by atoms with Crippen molar-refractivity contribution in [1.82, 2.24) is 0 Å². The van der Waals surface area contributed by atoms with Crippen LogP contribution in [0.5, 0.6) is 5.75 Å². The Morgan fingerprint density at radius 3 is 2.31 bits per heavy atom. The van der Waals surface area contributed by atoms with Gasteiger partial charge in [0, 0.05) is 0 Å². The molecule has 0 bridgehead atoms. The zero-order valence-corrected chi connectivity index (χ0v) is 8.88. The van der Waals surface area contributed by atoms with Crippen LogP contribution in [0.2, 0.25) is 0 Å². The summed E-state index contributed by atoms with van der Waals surface area (Å²) < 4.78 is 31.9. The number of aliphatic hydroxyl groups is 1. The Balaban J connectivity index is 2.06. The van der Waals surface area contributed by atoms with Crippen LogP contribution >= 0.6 is 0 Å². The van der Waals surface area contributed by atoms with E-state index in [1.807, 2.05) is 0 Å². The Morgan fingerprint density at radius 2 is 1.88 bits per heavy atom. The van der Waals surface area contributed by atoms with Gasteiger partial charge in [0.2, 0.25) is 0 Å². The normalized spacial score (nSPS) is 15.9. The van der Waals surface area contributed by atoms with Gasteiger partial charge in [-0.25, -0.2) is 8.78 Å². The smallest absolute Gasteiger partial charge is 0.190 e. The first-order valence-electron chi connectivity index (χ1n) is 5.42. The van der Waals surface area contributed by atoms with Crippen molar-refractivity contribution in [3.8, 4) is 5.75 Å². The molecule has 16 heavy (non-hydrogen) atoms. The number of aliphatic hydroxyl groups excluding tert-OH is 1. The molecule has 88 valence electrons. The van der Waals surface area contributed by atoms with E-state index in [1.54, 1.807) is 0 Å². The first-order valence-corrected chi connectivity index (χ1v) is 5.42. The summed E-state index contributed by atoms with van der Waals surface area (Å²) in [6.07, 6.45) is 3.30. The predicted molar refractivity (Wildman–Crippen MR) is 55.1 cm³/mol. The molecule has 1 aromatic carbocycles. The third-order valence-corrected chi connectivity index (χ3v) is 2.93. The predicted octanol–water partition coefficient (Wildman–Crippen LogP) is 2.64. The summed E-state index contributed by atoms with van der Waals surface area (Å²) in [5.41, 5.74) is 0.214. The van der Waals surface area contributed by atoms with Gasteiger partial charge in [-0.1, -0.05) is 6.42 Å². The molecular formula is C12H14F2O2. The summed E-state index contributed by atoms with van der Waals surface area (Å²) >= 11 is 0. The first kappa shape index (κ1) is 11.3. The van der Waals surface area contributed by atoms with E-state index >= 15 is 0 Å². The van der Waals surface area contributed by atoms with E-state index in [4.69, 9.17) is 9.84 Å². The summed E-state index contributed by atoms with van der Waals surface area (Å²) in [4.78, 5) is 0. The molecule has 1 aromatic rings. The minimum Gasteiger partial charge on any atom is -0.487 e. The molecule has 4 heteroatoms. The van der Waals surface area contributed by atoms with E-state index in [9.17, 15) is 8.78 Å². The lowest BCUT2D eigenvalue weighted by Gasteiger charge is -2.25. The van der Waals surface area contributed by atoms with Crippen molar-refractivity contribution < 1.29 is 18.6 Å². The fourth-order valence-electron chi connectivity index (χ4n) is 1.70. The highest BCUT2D eigenvalue weighted by Gasteiger charge is 2.20. The van der Waals surface area contributed by atoms with Crippen molar-refractivity contribution in [1.29, 1.82) is 0 Å². The molecule has 0 aliphatic heterocycles. The van der Waals surface area contributed by atoms with Crippen LogP contribution in [0.25, 0.3) is 0 Å². The zero-order chi connectivity index (χ0) is 11.5. The van der Waals surface area contributed by atoms with E-state index in [0.717, 1.165) is 25.0 Å². The highest BCUT2D eigenvalue weighted by Crippen LogP contribution is 2.29. The van der Waals surface area contributed by atoms with Crippen molar-refractivity contribution >= 4 is 0 Å². The van der Waals surface area contributed by atoms with Gasteiger partial charge >= 0.3 is 0 Å². The molecule has 1 saturated carbocycles. The van der Waals surface area contributed by atoms with Crippen LogP contribution in [0.4, 0.5) is 8.78 Å². The van der Waals surface area contributed by atoms with Gasteiger partial charge < -0.3 is 9.84 Å². The molecule has 1 fully saturated rings. The van der Waals surface area contributed by atoms with Crippen LogP contribution in [0.15, 0.2) is 12.1 Å². The van der Waals surface area contributed by atoms with E-state index < -0.39 is 11.6 Å². The summed E-state index contributed by atoms with van der Waals surface area (Å²) in [6.45, 7) is -0.0109. The fourth-order valence-corrected chi connectivity index (χ4v) is 1.70. The summed E-state index contributed by atoms with van der Waals surface area (Å²) in [7, 11) is 0. The van der Waals surface area contributed by atoms with Gasteiger partial charge in [-0.05, 0) is 36.5 Å². The van der Waals surface area contributed by atoms with Crippen LogP contribution in [0.1, 0.15) is 24.8 Å². The van der Waals surface area contributed by atoms with Gasteiger partial charge in [0.1, 0.15) is 0 Å². The number of ether oxygens (including phenoxy) is 1. The molecule has 0 unspecified atom stereocenters. The van der Waals surface area contributed by atoms with Crippen LogP contribution in [0, 0.1) is 17.6 Å². The second kappa shape index (κ2) is 4.78. The molecule has 1 N–H and O–H groups in total. The van der Waals surface area contributed by atoms with Crippen LogP contribution in [0.3, 0.4) is 0 Å². The average molecular weight is 228 g/mol. The van der Waals surface area contributed by atoms with E-state index in [0.29, 0.717) is 12.5 Å². The molecule has 2 rings (SSSR count). The first-order chi connectivity index (χ1) is 7.70. The van der Waals surface area contributed by atoms with Crippen molar-refractivity contribution in [3.63, 3.8) is 0 Å². The molecule has 0 radical (unpaired) electrons. The highest BCUT2D eigenvalue weighted by molar-refractivity contribution is 5.31. The third kappa shape index (κ3) is 2.32. The largest absolute Gasteiger partial charge is 0.487 e. The van der Waals surface area contributed by atoms with Crippen LogP contribution in [-0.2, 0) is 6.61 Å². The second-order valence-corrected chi connectivity index (χ2v) is 4.15. The molecule has 0 atom stereocenters. The SMILES string of the molecule is OCc1cc(F)c(OCC2CCC2)c(F)c1. The lowest BCUT2D eigenvalue weighted by atomic mass is 9.86. The monoisotopic (exact) mass is 228 g/mol. The number of benzene rings is 1. The number of halogens is 2. The molecule has 0 heterocycles. The molecule has 1 aliphatic carbocycles. The van der Waals surface area contributed by atoms with Crippen LogP contribution < -0.4 is 4.74 Å². The molecule has 0 amide bonds. The molecule has 0 aromatic heterocycles. The maximum atomic E-state index is 13.4. The van der Waals surface area contributed by atoms with Gasteiger partial charge in [-0.3, -0.25) is 0 Å². The number of hydrogen-bond acceptors (Lipinski definition) is 2. The average Bonchev–Trinajstić information content (AvgIpc) is 2.19. The molecule has 1 aliphatic rings. The van der Waals surface area contributed by atoms with Crippen molar-refractivity contribution in [3.05, 3.63) is 29.3 Å². The zero-order valence-electron chi connectivity index (χ0n) is 8.88. The van der Waals surface area contributed by atoms with Crippen molar-refractivity contribution in [2.24, 2.45) is 5.92 Å². The topological polar surface area (TPSA) is 29.5 Å². The maximum Gasteiger partial charge on any atom is 0.190 e. The summed E-state index contributed by atoms with van der Waals surface area (Å²) in [6, 6.07) is 2.19. The van der Waals surface area contributed by atoms with E-state index in [2.05, 4.69) is 0 Å². The number of rotatable bonds is 4. The Labute approximate surface area is 92.9 Å². The van der Waals surface area contributed by atoms with Gasteiger partial charge in [0.15, 0.2) is 17.4 Å². The standard InChI is InChI=1S/C12H14F2O2/c13-10-4-9(6-15)5-11(14)12(10)16-7-8-2-1-3-8/h4-5,8,15H,1-3,6-7H2. The Morgan fingerprint density at radius 1 is 1.25 bits per heavy atom. The van der Waals surface area contributed by atoms with Crippen molar-refractivity contribution in [2.45, 2.75) is 25.9 Å². The van der Waals surface area contributed by atoms with Gasteiger partial charge in [-0.15, -0.1) is 0 Å². The Bertz CT molecular complexity index is 352.